The Morgan fingerprint density at radius 2 is 1.94 bits per heavy atom. The van der Waals surface area contributed by atoms with E-state index in [-0.39, 0.29) is 5.92 Å². The van der Waals surface area contributed by atoms with E-state index in [1.165, 1.54) is 0 Å². The van der Waals surface area contributed by atoms with E-state index >= 15 is 0 Å². The molecule has 172 valence electrons. The molecule has 0 aliphatic carbocycles. The van der Waals surface area contributed by atoms with Gasteiger partial charge in [-0.05, 0) is 84.8 Å². The van der Waals surface area contributed by atoms with Crippen molar-refractivity contribution in [3.05, 3.63) is 81.0 Å². The van der Waals surface area contributed by atoms with Crippen LogP contribution in [0.15, 0.2) is 63.7 Å². The van der Waals surface area contributed by atoms with Gasteiger partial charge in [-0.25, -0.2) is 9.19 Å². The maximum Gasteiger partial charge on any atom is 0.169 e. The average Bonchev–Trinajstić information content (AvgIpc) is 3.18. The van der Waals surface area contributed by atoms with Gasteiger partial charge >= 0.3 is 0 Å². The smallest absolute Gasteiger partial charge is 0.169 e. The molecule has 33 heavy (non-hydrogen) atoms. The number of hydrogen-bond donors (Lipinski definition) is 1. The molecule has 0 radical (unpaired) electrons. The Morgan fingerprint density at radius 3 is 2.70 bits per heavy atom. The summed E-state index contributed by atoms with van der Waals surface area (Å²) in [6, 6.07) is 17.7. The first-order chi connectivity index (χ1) is 15.7. The lowest BCUT2D eigenvalue weighted by Crippen LogP contribution is -2.34. The fourth-order valence-corrected chi connectivity index (χ4v) is 5.00. The molecular formula is C25H25BrClN3O2S. The molecule has 0 bridgehead atoms. The van der Waals surface area contributed by atoms with Crippen LogP contribution in [0, 0.1) is 6.92 Å². The zero-order chi connectivity index (χ0) is 23.8. The summed E-state index contributed by atoms with van der Waals surface area (Å²) in [4.78, 5) is 4.73. The van der Waals surface area contributed by atoms with Crippen molar-refractivity contribution in [3.63, 3.8) is 0 Å². The molecule has 0 amide bonds. The first kappa shape index (κ1) is 24.1. The summed E-state index contributed by atoms with van der Waals surface area (Å²) < 4.78 is 18.1. The number of nitrogens with two attached hydrogens (primary N) is 1. The number of nitrogens with zero attached hydrogens (tertiary/aromatic N) is 2. The largest absolute Gasteiger partial charge is 0.356 e. The number of halogens is 2. The molecule has 0 aliphatic heterocycles. The summed E-state index contributed by atoms with van der Waals surface area (Å²) in [6.45, 7) is 5.93. The van der Waals surface area contributed by atoms with E-state index in [0.29, 0.717) is 23.4 Å². The van der Waals surface area contributed by atoms with Crippen molar-refractivity contribution in [2.75, 3.05) is 0 Å². The third-order valence-corrected chi connectivity index (χ3v) is 7.91. The number of pyridine rings is 1. The van der Waals surface area contributed by atoms with Gasteiger partial charge in [-0.3, -0.25) is 5.14 Å². The summed E-state index contributed by atoms with van der Waals surface area (Å²) in [5.74, 6) is 0.00301. The Bertz CT molecular complexity index is 1340. The van der Waals surface area contributed by atoms with Gasteiger partial charge in [-0.15, -0.1) is 0 Å². The monoisotopic (exact) mass is 545 g/mol. The van der Waals surface area contributed by atoms with Gasteiger partial charge in [-0.2, -0.15) is 0 Å². The van der Waals surface area contributed by atoms with E-state index in [1.807, 2.05) is 50.2 Å². The Morgan fingerprint density at radius 1 is 1.18 bits per heavy atom. The van der Waals surface area contributed by atoms with Crippen molar-refractivity contribution in [3.8, 4) is 11.3 Å². The molecule has 0 saturated heterocycles. The molecule has 4 aromatic rings. The average molecular weight is 547 g/mol. The minimum Gasteiger partial charge on any atom is -0.356 e. The van der Waals surface area contributed by atoms with Crippen LogP contribution in [0.25, 0.3) is 22.2 Å². The van der Waals surface area contributed by atoms with E-state index in [0.717, 1.165) is 38.1 Å². The van der Waals surface area contributed by atoms with Crippen molar-refractivity contribution in [1.82, 2.24) is 10.1 Å². The van der Waals surface area contributed by atoms with Gasteiger partial charge in [0.15, 0.2) is 5.58 Å². The predicted octanol–water partition coefficient (Wildman–Crippen LogP) is 6.73. The molecule has 5 nitrogen and oxygen atoms in total. The van der Waals surface area contributed by atoms with Crippen molar-refractivity contribution >= 4 is 49.5 Å². The SMILES string of the molecule is Cc1ccc(Br)nc1C[C@@H](CC(C)(C)S(N)=O)c1ccccc1-c1noc2cc(Cl)ccc12. The van der Waals surface area contributed by atoms with Crippen LogP contribution in [-0.2, 0) is 17.4 Å². The molecule has 8 heteroatoms. The lowest BCUT2D eigenvalue weighted by Gasteiger charge is -2.29. The highest BCUT2D eigenvalue weighted by Crippen LogP contribution is 2.39. The second-order valence-electron chi connectivity index (χ2n) is 8.82. The second-order valence-corrected chi connectivity index (χ2v) is 11.8. The molecule has 2 aromatic heterocycles. The van der Waals surface area contributed by atoms with Gasteiger partial charge < -0.3 is 4.52 Å². The molecule has 0 spiro atoms. The summed E-state index contributed by atoms with van der Waals surface area (Å²) in [7, 11) is -1.48. The van der Waals surface area contributed by atoms with Crippen molar-refractivity contribution in [2.24, 2.45) is 5.14 Å². The van der Waals surface area contributed by atoms with Gasteiger partial charge in [-0.1, -0.05) is 47.1 Å². The topological polar surface area (TPSA) is 82.0 Å². The van der Waals surface area contributed by atoms with Gasteiger partial charge in [0.2, 0.25) is 0 Å². The molecule has 2 atom stereocenters. The number of aryl methyl sites for hydroxylation is 1. The molecule has 1 unspecified atom stereocenters. The summed E-state index contributed by atoms with van der Waals surface area (Å²) in [5, 5.41) is 11.7. The fraction of sp³-hybridized carbons (Fsp3) is 0.280. The summed E-state index contributed by atoms with van der Waals surface area (Å²) >= 11 is 9.63. The number of hydrogen-bond acceptors (Lipinski definition) is 4. The molecule has 4 rings (SSSR count). The number of fused-ring (bicyclic) bond motifs is 1. The van der Waals surface area contributed by atoms with Crippen LogP contribution < -0.4 is 5.14 Å². The molecule has 2 aromatic carbocycles. The normalized spacial score (nSPS) is 13.9. The highest BCUT2D eigenvalue weighted by Gasteiger charge is 2.31. The second kappa shape index (κ2) is 9.66. The zero-order valence-corrected chi connectivity index (χ0v) is 21.8. The number of benzene rings is 2. The maximum absolute atomic E-state index is 12.4. The number of aromatic nitrogens is 2. The summed E-state index contributed by atoms with van der Waals surface area (Å²) in [6.07, 6.45) is 1.28. The number of rotatable bonds is 7. The quantitative estimate of drug-likeness (QED) is 0.261. The molecule has 0 saturated carbocycles. The molecule has 0 aliphatic rings. The fourth-order valence-electron chi connectivity index (χ4n) is 4.13. The zero-order valence-electron chi connectivity index (χ0n) is 18.6. The molecule has 0 fully saturated rings. The van der Waals surface area contributed by atoms with Gasteiger partial charge in [0, 0.05) is 27.7 Å². The van der Waals surface area contributed by atoms with Crippen LogP contribution in [0.2, 0.25) is 5.02 Å². The lowest BCUT2D eigenvalue weighted by atomic mass is 9.82. The first-order valence-electron chi connectivity index (χ1n) is 10.6. The highest BCUT2D eigenvalue weighted by atomic mass is 79.9. The highest BCUT2D eigenvalue weighted by molar-refractivity contribution is 9.10. The minimum atomic E-state index is -1.48. The molecule has 2 heterocycles. The molecule has 2 N–H and O–H groups in total. The Balaban J connectivity index is 1.85. The first-order valence-corrected chi connectivity index (χ1v) is 13.0. The standard InChI is InChI=1S/C25H25BrClN3O2S/c1-15-8-11-23(26)29-21(15)12-16(14-25(2,3)33(28)31)18-6-4-5-7-19(18)24-20-10-9-17(27)13-22(20)32-30-24/h4-11,13,16H,12,14,28H2,1-3H3/t16-,33?/m0/s1. The Kier molecular flexibility index (Phi) is 7.05. The van der Waals surface area contributed by atoms with Crippen LogP contribution in [0.1, 0.15) is 43.0 Å². The van der Waals surface area contributed by atoms with Gasteiger partial charge in [0.25, 0.3) is 0 Å². The predicted molar refractivity (Wildman–Crippen MR) is 139 cm³/mol. The maximum atomic E-state index is 12.4. The van der Waals surface area contributed by atoms with Crippen molar-refractivity contribution < 1.29 is 8.73 Å². The van der Waals surface area contributed by atoms with Crippen molar-refractivity contribution in [2.45, 2.75) is 44.3 Å². The van der Waals surface area contributed by atoms with E-state index < -0.39 is 15.7 Å². The van der Waals surface area contributed by atoms with Crippen LogP contribution in [-0.4, -0.2) is 19.1 Å². The van der Waals surface area contributed by atoms with Crippen LogP contribution >= 0.6 is 27.5 Å². The third-order valence-electron chi connectivity index (χ3n) is 5.98. The third kappa shape index (κ3) is 5.22. The van der Waals surface area contributed by atoms with Crippen LogP contribution in [0.4, 0.5) is 0 Å². The Labute approximate surface area is 209 Å². The van der Waals surface area contributed by atoms with Crippen LogP contribution in [0.5, 0.6) is 0 Å². The van der Waals surface area contributed by atoms with E-state index in [4.69, 9.17) is 26.2 Å². The van der Waals surface area contributed by atoms with E-state index in [1.54, 1.807) is 6.07 Å². The minimum absolute atomic E-state index is 0.00301. The van der Waals surface area contributed by atoms with E-state index in [9.17, 15) is 4.21 Å². The van der Waals surface area contributed by atoms with Gasteiger partial charge in [0.1, 0.15) is 10.3 Å². The summed E-state index contributed by atoms with van der Waals surface area (Å²) in [5.41, 5.74) is 5.54. The lowest BCUT2D eigenvalue weighted by molar-refractivity contribution is 0.459. The van der Waals surface area contributed by atoms with Crippen molar-refractivity contribution in [1.29, 1.82) is 0 Å². The molecular weight excluding hydrogens is 522 g/mol. The Hall–Kier alpha value is -2.06. The van der Waals surface area contributed by atoms with E-state index in [2.05, 4.69) is 40.1 Å². The van der Waals surface area contributed by atoms with Gasteiger partial charge in [0.05, 0.1) is 15.7 Å². The van der Waals surface area contributed by atoms with Crippen LogP contribution in [0.3, 0.4) is 0 Å².